The number of hydrogen-bond acceptors (Lipinski definition) is 2. The molecular formula is C25H43ClN2. The van der Waals surface area contributed by atoms with Gasteiger partial charge in [0.2, 0.25) is 0 Å². The quantitative estimate of drug-likeness (QED) is 0.514. The molecule has 160 valence electrons. The van der Waals surface area contributed by atoms with Crippen molar-refractivity contribution in [2.45, 2.75) is 78.7 Å². The molecule has 1 N–H and O–H groups in total. The first-order valence-corrected chi connectivity index (χ1v) is 12.2. The molecule has 3 heteroatoms. The summed E-state index contributed by atoms with van der Waals surface area (Å²) in [5, 5.41) is 4.84. The highest BCUT2D eigenvalue weighted by Gasteiger charge is 2.40. The number of nitrogens with zero attached hydrogens (tertiary/aromatic N) is 1. The van der Waals surface area contributed by atoms with Crippen LogP contribution in [0, 0.1) is 29.1 Å². The second kappa shape index (κ2) is 10.1. The summed E-state index contributed by atoms with van der Waals surface area (Å²) in [4.78, 5) is 2.74. The van der Waals surface area contributed by atoms with E-state index >= 15 is 0 Å². The number of piperidine rings is 1. The van der Waals surface area contributed by atoms with Gasteiger partial charge in [0.25, 0.3) is 0 Å². The molecule has 0 radical (unpaired) electrons. The first kappa shape index (κ1) is 22.4. The van der Waals surface area contributed by atoms with Crippen LogP contribution in [0.2, 0.25) is 0 Å². The van der Waals surface area contributed by atoms with Crippen molar-refractivity contribution in [3.63, 3.8) is 0 Å². The molecule has 3 atom stereocenters. The summed E-state index contributed by atoms with van der Waals surface area (Å²) in [6, 6.07) is 0.616. The van der Waals surface area contributed by atoms with Gasteiger partial charge in [-0.2, -0.15) is 0 Å². The molecule has 1 saturated carbocycles. The smallest absolute Gasteiger partial charge is 0.0363 e. The number of likely N-dealkylation sites (tertiary alicyclic amines) is 1. The lowest BCUT2D eigenvalue weighted by Gasteiger charge is -2.48. The van der Waals surface area contributed by atoms with Crippen molar-refractivity contribution in [1.29, 1.82) is 0 Å². The molecule has 28 heavy (non-hydrogen) atoms. The van der Waals surface area contributed by atoms with E-state index in [1.54, 1.807) is 0 Å². The Balaban J connectivity index is 1.48. The molecule has 2 nitrogen and oxygen atoms in total. The Labute approximate surface area is 179 Å². The molecule has 3 aliphatic rings. The second-order valence-electron chi connectivity index (χ2n) is 10.7. The van der Waals surface area contributed by atoms with Crippen molar-refractivity contribution < 1.29 is 0 Å². The first-order chi connectivity index (χ1) is 13.3. The van der Waals surface area contributed by atoms with Gasteiger partial charge in [0.15, 0.2) is 0 Å². The monoisotopic (exact) mass is 406 g/mol. The van der Waals surface area contributed by atoms with Crippen molar-refractivity contribution in [3.05, 3.63) is 23.3 Å². The summed E-state index contributed by atoms with van der Waals surface area (Å²) < 4.78 is 0. The molecule has 0 bridgehead atoms. The molecule has 0 aromatic carbocycles. The zero-order valence-corrected chi connectivity index (χ0v) is 19.5. The van der Waals surface area contributed by atoms with Gasteiger partial charge in [0.05, 0.1) is 0 Å². The number of hydrogen-bond donors (Lipinski definition) is 1. The molecule has 1 heterocycles. The van der Waals surface area contributed by atoms with E-state index in [9.17, 15) is 0 Å². The molecule has 2 unspecified atom stereocenters. The fraction of sp³-hybridized carbons (Fsp3) is 0.840. The van der Waals surface area contributed by atoms with Crippen molar-refractivity contribution in [2.24, 2.45) is 29.1 Å². The minimum atomic E-state index is 0.357. The number of nitrogens with one attached hydrogen (secondary N) is 1. The lowest BCUT2D eigenvalue weighted by atomic mass is 9.66. The SMILES string of the molecule is CC(C)[C@H](CN1CCC(C2C=CC(Cl)=CC2)C(C)(C)C1)NCCC1CCCC1. The van der Waals surface area contributed by atoms with Crippen molar-refractivity contribution in [2.75, 3.05) is 26.2 Å². The summed E-state index contributed by atoms with van der Waals surface area (Å²) in [5.41, 5.74) is 0.357. The molecule has 0 amide bonds. The van der Waals surface area contributed by atoms with Crippen LogP contribution in [-0.2, 0) is 0 Å². The molecule has 1 aliphatic heterocycles. The third-order valence-electron chi connectivity index (χ3n) is 7.69. The Bertz CT molecular complexity index is 545. The average Bonchev–Trinajstić information content (AvgIpc) is 3.14. The van der Waals surface area contributed by atoms with Gasteiger partial charge in [0, 0.05) is 24.2 Å². The van der Waals surface area contributed by atoms with E-state index in [1.165, 1.54) is 64.7 Å². The standard InChI is InChI=1S/C25H43ClN2/c1-19(2)24(27-15-13-20-7-5-6-8-20)17-28-16-14-23(25(3,4)18-28)21-9-11-22(26)12-10-21/h9,11-12,19-21,23-24,27H,5-8,10,13-18H2,1-4H3/t21?,23?,24-/m0/s1. The molecule has 0 aromatic heterocycles. The van der Waals surface area contributed by atoms with Gasteiger partial charge in [-0.05, 0) is 67.5 Å². The molecular weight excluding hydrogens is 364 g/mol. The van der Waals surface area contributed by atoms with Crippen LogP contribution < -0.4 is 5.32 Å². The summed E-state index contributed by atoms with van der Waals surface area (Å²) in [6.45, 7) is 14.6. The number of halogens is 1. The van der Waals surface area contributed by atoms with E-state index in [1.807, 2.05) is 0 Å². The van der Waals surface area contributed by atoms with Crippen LogP contribution in [-0.4, -0.2) is 37.1 Å². The van der Waals surface area contributed by atoms with E-state index in [0.717, 1.165) is 23.3 Å². The molecule has 1 saturated heterocycles. The highest BCUT2D eigenvalue weighted by molar-refractivity contribution is 6.31. The summed E-state index contributed by atoms with van der Waals surface area (Å²) in [5.74, 6) is 3.10. The summed E-state index contributed by atoms with van der Waals surface area (Å²) in [6.07, 6.45) is 16.3. The molecule has 3 rings (SSSR count). The van der Waals surface area contributed by atoms with Crippen LogP contribution in [0.1, 0.15) is 72.6 Å². The maximum Gasteiger partial charge on any atom is 0.0363 e. The third-order valence-corrected chi connectivity index (χ3v) is 7.97. The van der Waals surface area contributed by atoms with E-state index in [4.69, 9.17) is 11.6 Å². The normalized spacial score (nSPS) is 30.0. The van der Waals surface area contributed by atoms with Gasteiger partial charge in [-0.25, -0.2) is 0 Å². The Kier molecular flexibility index (Phi) is 8.10. The van der Waals surface area contributed by atoms with Crippen LogP contribution >= 0.6 is 11.6 Å². The summed E-state index contributed by atoms with van der Waals surface area (Å²) in [7, 11) is 0. The molecule has 0 aromatic rings. The Morgan fingerprint density at radius 3 is 2.57 bits per heavy atom. The first-order valence-electron chi connectivity index (χ1n) is 11.8. The maximum absolute atomic E-state index is 6.14. The fourth-order valence-corrected chi connectivity index (χ4v) is 6.07. The van der Waals surface area contributed by atoms with Crippen LogP contribution in [0.15, 0.2) is 23.3 Å². The highest BCUT2D eigenvalue weighted by atomic mass is 35.5. The molecule has 0 spiro atoms. The topological polar surface area (TPSA) is 15.3 Å². The van der Waals surface area contributed by atoms with Gasteiger partial charge >= 0.3 is 0 Å². The van der Waals surface area contributed by atoms with Crippen LogP contribution in [0.25, 0.3) is 0 Å². The van der Waals surface area contributed by atoms with Gasteiger partial charge in [-0.1, -0.05) is 77.1 Å². The fourth-order valence-electron chi connectivity index (χ4n) is 5.90. The van der Waals surface area contributed by atoms with E-state index in [2.05, 4.69) is 56.1 Å². The van der Waals surface area contributed by atoms with Gasteiger partial charge < -0.3 is 10.2 Å². The Hall–Kier alpha value is -0.310. The van der Waals surface area contributed by atoms with Crippen LogP contribution in [0.4, 0.5) is 0 Å². The minimum absolute atomic E-state index is 0.357. The zero-order chi connectivity index (χ0) is 20.1. The van der Waals surface area contributed by atoms with E-state index in [-0.39, 0.29) is 0 Å². The third kappa shape index (κ3) is 6.09. The van der Waals surface area contributed by atoms with Gasteiger partial charge in [-0.15, -0.1) is 0 Å². The second-order valence-corrected chi connectivity index (χ2v) is 11.1. The zero-order valence-electron chi connectivity index (χ0n) is 18.7. The maximum atomic E-state index is 6.14. The van der Waals surface area contributed by atoms with Crippen molar-refractivity contribution >= 4 is 11.6 Å². The average molecular weight is 407 g/mol. The predicted octanol–water partition coefficient (Wildman–Crippen LogP) is 6.23. The van der Waals surface area contributed by atoms with Crippen molar-refractivity contribution in [1.82, 2.24) is 10.2 Å². The highest BCUT2D eigenvalue weighted by Crippen LogP contribution is 2.43. The predicted molar refractivity (Wildman–Crippen MR) is 123 cm³/mol. The van der Waals surface area contributed by atoms with E-state index in [0.29, 0.717) is 23.3 Å². The lowest BCUT2D eigenvalue weighted by molar-refractivity contribution is 0.0251. The lowest BCUT2D eigenvalue weighted by Crippen LogP contribution is -2.53. The number of allylic oxidation sites excluding steroid dienone is 4. The minimum Gasteiger partial charge on any atom is -0.312 e. The Morgan fingerprint density at radius 1 is 1.21 bits per heavy atom. The van der Waals surface area contributed by atoms with E-state index < -0.39 is 0 Å². The molecule has 2 aliphatic carbocycles. The van der Waals surface area contributed by atoms with Crippen molar-refractivity contribution in [3.8, 4) is 0 Å². The largest absolute Gasteiger partial charge is 0.312 e. The van der Waals surface area contributed by atoms with Crippen LogP contribution in [0.3, 0.4) is 0 Å². The van der Waals surface area contributed by atoms with Gasteiger partial charge in [0.1, 0.15) is 0 Å². The Morgan fingerprint density at radius 2 is 1.96 bits per heavy atom. The van der Waals surface area contributed by atoms with Crippen LogP contribution in [0.5, 0.6) is 0 Å². The summed E-state index contributed by atoms with van der Waals surface area (Å²) >= 11 is 6.14. The molecule has 2 fully saturated rings. The number of rotatable bonds is 8. The van der Waals surface area contributed by atoms with Gasteiger partial charge in [-0.3, -0.25) is 0 Å².